The smallest absolute Gasteiger partial charge is 0.416 e. The van der Waals surface area contributed by atoms with E-state index in [9.17, 15) is 9.59 Å². The maximum atomic E-state index is 12.5. The van der Waals surface area contributed by atoms with Gasteiger partial charge >= 0.3 is 6.09 Å². The lowest BCUT2D eigenvalue weighted by Crippen LogP contribution is -2.41. The van der Waals surface area contributed by atoms with Gasteiger partial charge < -0.3 is 9.47 Å². The zero-order valence-corrected chi connectivity index (χ0v) is 12.6. The van der Waals surface area contributed by atoms with Gasteiger partial charge in [-0.2, -0.15) is 0 Å². The molecule has 1 atom stereocenters. The molecule has 0 aromatic heterocycles. The first-order valence-electron chi connectivity index (χ1n) is 7.84. The highest BCUT2D eigenvalue weighted by molar-refractivity contribution is 5.93. The first kappa shape index (κ1) is 15.0. The van der Waals surface area contributed by atoms with Crippen molar-refractivity contribution in [2.45, 2.75) is 31.7 Å². The Morgan fingerprint density at radius 1 is 1.18 bits per heavy atom. The van der Waals surface area contributed by atoms with Crippen LogP contribution in [0.1, 0.15) is 24.8 Å². The summed E-state index contributed by atoms with van der Waals surface area (Å²) in [7, 11) is 0. The van der Waals surface area contributed by atoms with E-state index in [4.69, 9.17) is 9.47 Å². The van der Waals surface area contributed by atoms with Gasteiger partial charge in [0.05, 0.1) is 6.04 Å². The summed E-state index contributed by atoms with van der Waals surface area (Å²) in [5.41, 5.74) is 1.11. The second-order valence-corrected chi connectivity index (χ2v) is 5.94. The Labute approximate surface area is 130 Å². The van der Waals surface area contributed by atoms with Gasteiger partial charge in [0.2, 0.25) is 5.91 Å². The minimum atomic E-state index is -0.502. The van der Waals surface area contributed by atoms with Crippen molar-refractivity contribution in [3.8, 4) is 0 Å². The van der Waals surface area contributed by atoms with Crippen LogP contribution in [0.2, 0.25) is 0 Å². The Bertz CT molecular complexity index is 525. The van der Waals surface area contributed by atoms with Crippen molar-refractivity contribution in [1.29, 1.82) is 0 Å². The van der Waals surface area contributed by atoms with Crippen molar-refractivity contribution >= 4 is 12.0 Å². The van der Waals surface area contributed by atoms with E-state index in [1.807, 2.05) is 30.3 Å². The second kappa shape index (κ2) is 6.92. The van der Waals surface area contributed by atoms with Gasteiger partial charge in [-0.25, -0.2) is 9.69 Å². The van der Waals surface area contributed by atoms with Gasteiger partial charge in [-0.1, -0.05) is 30.3 Å². The molecule has 0 radical (unpaired) electrons. The number of carbonyl (C=O) groups is 2. The van der Waals surface area contributed by atoms with E-state index in [1.165, 1.54) is 4.90 Å². The summed E-state index contributed by atoms with van der Waals surface area (Å²) in [6, 6.07) is 9.69. The Balaban J connectivity index is 1.63. The molecule has 1 unspecified atom stereocenters. The normalized spacial score (nSPS) is 22.6. The van der Waals surface area contributed by atoms with Crippen LogP contribution >= 0.6 is 0 Å². The molecular weight excluding hydrogens is 282 g/mol. The standard InChI is InChI=1S/C17H21NO4/c19-16(11-14-6-8-21-9-7-14)18-15(12-22-17(18)20)10-13-4-2-1-3-5-13/h1-5,14-15H,6-12H2. The minimum Gasteiger partial charge on any atom is -0.447 e. The van der Waals surface area contributed by atoms with E-state index < -0.39 is 6.09 Å². The van der Waals surface area contributed by atoms with Crippen molar-refractivity contribution in [2.24, 2.45) is 5.92 Å². The van der Waals surface area contributed by atoms with Crippen LogP contribution in [0.25, 0.3) is 0 Å². The zero-order valence-electron chi connectivity index (χ0n) is 12.6. The SMILES string of the molecule is O=C(CC1CCOCC1)N1C(=O)OCC1Cc1ccccc1. The lowest BCUT2D eigenvalue weighted by atomic mass is 9.95. The Hall–Kier alpha value is -1.88. The number of hydrogen-bond acceptors (Lipinski definition) is 4. The van der Waals surface area contributed by atoms with Crippen LogP contribution in [-0.2, 0) is 20.7 Å². The summed E-state index contributed by atoms with van der Waals surface area (Å²) in [5.74, 6) is 0.197. The summed E-state index contributed by atoms with van der Waals surface area (Å²) in [6.45, 7) is 1.69. The molecule has 2 fully saturated rings. The highest BCUT2D eigenvalue weighted by Crippen LogP contribution is 2.23. The molecule has 0 spiro atoms. The molecule has 2 aliphatic rings. The number of ether oxygens (including phenoxy) is 2. The number of amides is 2. The third kappa shape index (κ3) is 3.47. The van der Waals surface area contributed by atoms with Gasteiger partial charge in [-0.15, -0.1) is 0 Å². The molecule has 22 heavy (non-hydrogen) atoms. The third-order valence-corrected chi connectivity index (χ3v) is 4.35. The average molecular weight is 303 g/mol. The van der Waals surface area contributed by atoms with E-state index in [1.54, 1.807) is 0 Å². The van der Waals surface area contributed by atoms with Crippen molar-refractivity contribution < 1.29 is 19.1 Å². The second-order valence-electron chi connectivity index (χ2n) is 5.94. The summed E-state index contributed by atoms with van der Waals surface area (Å²) in [5, 5.41) is 0. The average Bonchev–Trinajstić information content (AvgIpc) is 2.90. The number of cyclic esters (lactones) is 1. The lowest BCUT2D eigenvalue weighted by molar-refractivity contribution is -0.130. The fourth-order valence-corrected chi connectivity index (χ4v) is 3.10. The summed E-state index contributed by atoms with van der Waals surface area (Å²) in [4.78, 5) is 25.7. The van der Waals surface area contributed by atoms with E-state index >= 15 is 0 Å². The highest BCUT2D eigenvalue weighted by atomic mass is 16.6. The molecule has 0 saturated carbocycles. The van der Waals surface area contributed by atoms with E-state index in [0.29, 0.717) is 32.0 Å². The predicted molar refractivity (Wildman–Crippen MR) is 80.3 cm³/mol. The summed E-state index contributed by atoms with van der Waals surface area (Å²) < 4.78 is 10.4. The molecule has 0 aliphatic carbocycles. The van der Waals surface area contributed by atoms with Crippen molar-refractivity contribution in [2.75, 3.05) is 19.8 Å². The first-order chi connectivity index (χ1) is 10.7. The van der Waals surface area contributed by atoms with Gasteiger partial charge in [-0.3, -0.25) is 4.79 Å². The largest absolute Gasteiger partial charge is 0.447 e. The predicted octanol–water partition coefficient (Wildman–Crippen LogP) is 2.39. The van der Waals surface area contributed by atoms with Gasteiger partial charge in [0, 0.05) is 19.6 Å². The Morgan fingerprint density at radius 3 is 2.64 bits per heavy atom. The summed E-state index contributed by atoms with van der Waals surface area (Å²) >= 11 is 0. The number of carbonyl (C=O) groups excluding carboxylic acids is 2. The minimum absolute atomic E-state index is 0.115. The molecule has 2 saturated heterocycles. The molecule has 118 valence electrons. The van der Waals surface area contributed by atoms with Crippen LogP contribution in [0.3, 0.4) is 0 Å². The monoisotopic (exact) mass is 303 g/mol. The molecule has 0 bridgehead atoms. The van der Waals surface area contributed by atoms with Crippen molar-refractivity contribution in [1.82, 2.24) is 4.90 Å². The van der Waals surface area contributed by atoms with Crippen LogP contribution in [0.4, 0.5) is 4.79 Å². The molecule has 5 heteroatoms. The molecule has 3 rings (SSSR count). The number of hydrogen-bond donors (Lipinski definition) is 0. The van der Waals surface area contributed by atoms with E-state index in [-0.39, 0.29) is 18.6 Å². The van der Waals surface area contributed by atoms with E-state index in [2.05, 4.69) is 0 Å². The molecule has 1 aromatic rings. The molecule has 0 N–H and O–H groups in total. The van der Waals surface area contributed by atoms with Gasteiger partial charge in [0.15, 0.2) is 0 Å². The van der Waals surface area contributed by atoms with Gasteiger partial charge in [0.25, 0.3) is 0 Å². The molecule has 1 aromatic carbocycles. The number of rotatable bonds is 4. The lowest BCUT2D eigenvalue weighted by Gasteiger charge is -2.25. The molecule has 5 nitrogen and oxygen atoms in total. The quantitative estimate of drug-likeness (QED) is 0.857. The van der Waals surface area contributed by atoms with Crippen LogP contribution in [0.5, 0.6) is 0 Å². The fourth-order valence-electron chi connectivity index (χ4n) is 3.10. The maximum Gasteiger partial charge on any atom is 0.416 e. The number of benzene rings is 1. The third-order valence-electron chi connectivity index (χ3n) is 4.35. The Morgan fingerprint density at radius 2 is 1.91 bits per heavy atom. The number of imide groups is 1. The molecule has 2 amide bonds. The zero-order chi connectivity index (χ0) is 15.4. The highest BCUT2D eigenvalue weighted by Gasteiger charge is 2.38. The van der Waals surface area contributed by atoms with Crippen LogP contribution in [0.15, 0.2) is 30.3 Å². The Kier molecular flexibility index (Phi) is 4.73. The van der Waals surface area contributed by atoms with Crippen molar-refractivity contribution in [3.05, 3.63) is 35.9 Å². The molecular formula is C17H21NO4. The summed E-state index contributed by atoms with van der Waals surface area (Å²) in [6.07, 6.45) is 2.32. The van der Waals surface area contributed by atoms with Crippen molar-refractivity contribution in [3.63, 3.8) is 0 Å². The maximum absolute atomic E-state index is 12.5. The topological polar surface area (TPSA) is 55.8 Å². The van der Waals surface area contributed by atoms with E-state index in [0.717, 1.165) is 18.4 Å². The van der Waals surface area contributed by atoms with Gasteiger partial charge in [0.1, 0.15) is 6.61 Å². The first-order valence-corrected chi connectivity index (χ1v) is 7.84. The molecule has 2 aliphatic heterocycles. The fraction of sp³-hybridized carbons (Fsp3) is 0.529. The van der Waals surface area contributed by atoms with Gasteiger partial charge in [-0.05, 0) is 30.7 Å². The van der Waals surface area contributed by atoms with Crippen LogP contribution in [-0.4, -0.2) is 42.8 Å². The van der Waals surface area contributed by atoms with Crippen LogP contribution in [0, 0.1) is 5.92 Å². The molecule has 2 heterocycles. The number of nitrogens with zero attached hydrogens (tertiary/aromatic N) is 1. The van der Waals surface area contributed by atoms with Crippen LogP contribution < -0.4 is 0 Å².